The van der Waals surface area contributed by atoms with Gasteiger partial charge in [0.05, 0.1) is 0 Å². The van der Waals surface area contributed by atoms with Gasteiger partial charge in [0.25, 0.3) is 0 Å². The van der Waals surface area contributed by atoms with Crippen LogP contribution in [0.25, 0.3) is 11.1 Å². The van der Waals surface area contributed by atoms with Crippen LogP contribution in [0.1, 0.15) is 24.5 Å². The predicted octanol–water partition coefficient (Wildman–Crippen LogP) is 3.42. The molecular formula is C16H20N2. The number of aryl methyl sites for hydroxylation is 1. The van der Waals surface area contributed by atoms with Crippen LogP contribution < -0.4 is 5.32 Å². The van der Waals surface area contributed by atoms with Crippen LogP contribution in [0.3, 0.4) is 0 Å². The van der Waals surface area contributed by atoms with Gasteiger partial charge in [0.2, 0.25) is 0 Å². The molecule has 1 heterocycles. The molecule has 94 valence electrons. The zero-order valence-corrected chi connectivity index (χ0v) is 11.1. The maximum Gasteiger partial charge on any atom is 0.0346 e. The molecule has 18 heavy (non-hydrogen) atoms. The lowest BCUT2D eigenvalue weighted by Gasteiger charge is -2.06. The summed E-state index contributed by atoms with van der Waals surface area (Å²) >= 11 is 0. The number of nitrogens with zero attached hydrogens (tertiary/aromatic N) is 1. The lowest BCUT2D eigenvalue weighted by molar-refractivity contribution is 0.813. The van der Waals surface area contributed by atoms with E-state index < -0.39 is 0 Å². The molecule has 0 saturated heterocycles. The Morgan fingerprint density at radius 3 is 2.44 bits per heavy atom. The first-order valence-electron chi connectivity index (χ1n) is 6.51. The van der Waals surface area contributed by atoms with E-state index in [1.807, 2.05) is 19.4 Å². The average molecular weight is 240 g/mol. The van der Waals surface area contributed by atoms with Crippen molar-refractivity contribution >= 4 is 0 Å². The Labute approximate surface area is 109 Å². The van der Waals surface area contributed by atoms with E-state index in [1.165, 1.54) is 28.7 Å². The number of aromatic nitrogens is 1. The Bertz CT molecular complexity index is 489. The Morgan fingerprint density at radius 1 is 1.00 bits per heavy atom. The van der Waals surface area contributed by atoms with Crippen LogP contribution in [0, 0.1) is 0 Å². The molecule has 2 heteroatoms. The van der Waals surface area contributed by atoms with Gasteiger partial charge in [-0.3, -0.25) is 4.98 Å². The third kappa shape index (κ3) is 3.17. The van der Waals surface area contributed by atoms with Crippen molar-refractivity contribution < 1.29 is 0 Å². The largest absolute Gasteiger partial charge is 0.316 e. The molecule has 1 N–H and O–H groups in total. The maximum atomic E-state index is 4.30. The van der Waals surface area contributed by atoms with E-state index in [0.29, 0.717) is 0 Å². The Kier molecular flexibility index (Phi) is 4.48. The summed E-state index contributed by atoms with van der Waals surface area (Å²) in [4.78, 5) is 4.30. The minimum absolute atomic E-state index is 0.856. The number of hydrogen-bond acceptors (Lipinski definition) is 2. The zero-order chi connectivity index (χ0) is 12.8. The Hall–Kier alpha value is -1.67. The van der Waals surface area contributed by atoms with Crippen molar-refractivity contribution in [1.82, 2.24) is 10.3 Å². The molecular weight excluding hydrogens is 220 g/mol. The third-order valence-corrected chi connectivity index (χ3v) is 3.00. The van der Waals surface area contributed by atoms with Gasteiger partial charge in [-0.25, -0.2) is 0 Å². The number of rotatable bonds is 5. The van der Waals surface area contributed by atoms with Crippen molar-refractivity contribution in [3.05, 3.63) is 53.9 Å². The fourth-order valence-corrected chi connectivity index (χ4v) is 2.10. The molecule has 0 saturated carbocycles. The van der Waals surface area contributed by atoms with Crippen LogP contribution in [0.15, 0.2) is 42.7 Å². The second kappa shape index (κ2) is 6.31. The van der Waals surface area contributed by atoms with Crippen LogP contribution in [0.4, 0.5) is 0 Å². The first-order valence-corrected chi connectivity index (χ1v) is 6.51. The van der Waals surface area contributed by atoms with Crippen LogP contribution >= 0.6 is 0 Å². The maximum absolute atomic E-state index is 4.30. The normalized spacial score (nSPS) is 10.6. The van der Waals surface area contributed by atoms with E-state index in [9.17, 15) is 0 Å². The quantitative estimate of drug-likeness (QED) is 0.866. The molecule has 0 aliphatic carbocycles. The van der Waals surface area contributed by atoms with Crippen molar-refractivity contribution in [1.29, 1.82) is 0 Å². The van der Waals surface area contributed by atoms with Crippen LogP contribution in [0.5, 0.6) is 0 Å². The molecule has 2 nitrogen and oxygen atoms in total. The van der Waals surface area contributed by atoms with Gasteiger partial charge in [-0.2, -0.15) is 0 Å². The number of nitrogens with one attached hydrogen (secondary N) is 1. The summed E-state index contributed by atoms with van der Waals surface area (Å²) in [7, 11) is 1.95. The minimum atomic E-state index is 0.856. The summed E-state index contributed by atoms with van der Waals surface area (Å²) in [6.45, 7) is 3.06. The summed E-state index contributed by atoms with van der Waals surface area (Å²) < 4.78 is 0. The van der Waals surface area contributed by atoms with Gasteiger partial charge < -0.3 is 5.32 Å². The summed E-state index contributed by atoms with van der Waals surface area (Å²) in [5.74, 6) is 0. The Balaban J connectivity index is 2.22. The molecule has 0 fully saturated rings. The fourth-order valence-electron chi connectivity index (χ4n) is 2.10. The molecule has 1 aromatic carbocycles. The lowest BCUT2D eigenvalue weighted by atomic mass is 10.0. The van der Waals surface area contributed by atoms with Crippen molar-refractivity contribution in [3.63, 3.8) is 0 Å². The van der Waals surface area contributed by atoms with Crippen molar-refractivity contribution in [2.24, 2.45) is 0 Å². The summed E-state index contributed by atoms with van der Waals surface area (Å²) in [6, 6.07) is 11.0. The average Bonchev–Trinajstić information content (AvgIpc) is 2.41. The Morgan fingerprint density at radius 2 is 1.78 bits per heavy atom. The van der Waals surface area contributed by atoms with Crippen LogP contribution in [-0.2, 0) is 13.0 Å². The standard InChI is InChI=1S/C16H20N2/c1-3-4-13-5-7-15(8-6-13)16-9-14(10-17-2)11-18-12-16/h5-9,11-12,17H,3-4,10H2,1-2H3. The third-order valence-electron chi connectivity index (χ3n) is 3.00. The number of pyridine rings is 1. The van der Waals surface area contributed by atoms with E-state index in [1.54, 1.807) is 0 Å². The first kappa shape index (κ1) is 12.8. The summed E-state index contributed by atoms with van der Waals surface area (Å²) in [5, 5.41) is 3.15. The number of benzene rings is 1. The van der Waals surface area contributed by atoms with E-state index >= 15 is 0 Å². The van der Waals surface area contributed by atoms with E-state index in [0.717, 1.165) is 13.0 Å². The highest BCUT2D eigenvalue weighted by molar-refractivity contribution is 5.63. The lowest BCUT2D eigenvalue weighted by Crippen LogP contribution is -2.05. The molecule has 0 aliphatic rings. The second-order valence-electron chi connectivity index (χ2n) is 4.56. The monoisotopic (exact) mass is 240 g/mol. The topological polar surface area (TPSA) is 24.9 Å². The van der Waals surface area contributed by atoms with Gasteiger partial charge in [0, 0.05) is 24.5 Å². The molecule has 2 aromatic rings. The SMILES string of the molecule is CCCc1ccc(-c2cncc(CNC)c2)cc1. The van der Waals surface area contributed by atoms with Crippen molar-refractivity contribution in [2.75, 3.05) is 7.05 Å². The molecule has 0 unspecified atom stereocenters. The van der Waals surface area contributed by atoms with Crippen molar-refractivity contribution in [3.8, 4) is 11.1 Å². The van der Waals surface area contributed by atoms with Gasteiger partial charge in [-0.05, 0) is 36.2 Å². The second-order valence-corrected chi connectivity index (χ2v) is 4.56. The molecule has 0 amide bonds. The highest BCUT2D eigenvalue weighted by Crippen LogP contribution is 2.20. The van der Waals surface area contributed by atoms with E-state index in [2.05, 4.69) is 47.6 Å². The summed E-state index contributed by atoms with van der Waals surface area (Å²) in [6.07, 6.45) is 6.18. The molecule has 0 bridgehead atoms. The number of hydrogen-bond donors (Lipinski definition) is 1. The highest BCUT2D eigenvalue weighted by Gasteiger charge is 2.00. The fraction of sp³-hybridized carbons (Fsp3) is 0.312. The van der Waals surface area contributed by atoms with Crippen molar-refractivity contribution in [2.45, 2.75) is 26.3 Å². The zero-order valence-electron chi connectivity index (χ0n) is 11.1. The van der Waals surface area contributed by atoms with Crippen LogP contribution in [0.2, 0.25) is 0 Å². The molecule has 2 rings (SSSR count). The van der Waals surface area contributed by atoms with Gasteiger partial charge in [-0.1, -0.05) is 37.6 Å². The first-order chi connectivity index (χ1) is 8.83. The molecule has 0 spiro atoms. The van der Waals surface area contributed by atoms with E-state index in [-0.39, 0.29) is 0 Å². The molecule has 0 radical (unpaired) electrons. The highest BCUT2D eigenvalue weighted by atomic mass is 14.8. The van der Waals surface area contributed by atoms with Crippen LogP contribution in [-0.4, -0.2) is 12.0 Å². The van der Waals surface area contributed by atoms with E-state index in [4.69, 9.17) is 0 Å². The van der Waals surface area contributed by atoms with Gasteiger partial charge in [-0.15, -0.1) is 0 Å². The molecule has 1 aromatic heterocycles. The smallest absolute Gasteiger partial charge is 0.0346 e. The minimum Gasteiger partial charge on any atom is -0.316 e. The summed E-state index contributed by atoms with van der Waals surface area (Å²) in [5.41, 5.74) is 5.04. The van der Waals surface area contributed by atoms with Gasteiger partial charge in [0.15, 0.2) is 0 Å². The van der Waals surface area contributed by atoms with Gasteiger partial charge >= 0.3 is 0 Å². The molecule has 0 aliphatic heterocycles. The predicted molar refractivity (Wildman–Crippen MR) is 76.4 cm³/mol. The molecule has 0 atom stereocenters. The van der Waals surface area contributed by atoms with Gasteiger partial charge in [0.1, 0.15) is 0 Å².